The Labute approximate surface area is 207 Å². The van der Waals surface area contributed by atoms with Gasteiger partial charge in [-0.25, -0.2) is 0 Å². The maximum absolute atomic E-state index is 12.4. The Bertz CT molecular complexity index is 1240. The molecule has 8 heteroatoms. The Hall–Kier alpha value is -3.79. The van der Waals surface area contributed by atoms with Crippen molar-refractivity contribution in [2.24, 2.45) is 0 Å². The SMILES string of the molecule is C[C@@H](NC(=O)COc1ccc(/C=C(\C#N)C(=O)Nc2ccc(Cl)c(Cl)c2)cc1)c1ccccc1. The third-order valence-corrected chi connectivity index (χ3v) is 5.52. The zero-order valence-corrected chi connectivity index (χ0v) is 19.7. The number of benzene rings is 3. The van der Waals surface area contributed by atoms with Crippen molar-refractivity contribution < 1.29 is 14.3 Å². The van der Waals surface area contributed by atoms with Crippen LogP contribution in [0.4, 0.5) is 5.69 Å². The van der Waals surface area contributed by atoms with Crippen LogP contribution in [0.3, 0.4) is 0 Å². The fourth-order valence-corrected chi connectivity index (χ4v) is 3.30. The van der Waals surface area contributed by atoms with Gasteiger partial charge >= 0.3 is 0 Å². The molecular formula is C26H21Cl2N3O3. The highest BCUT2D eigenvalue weighted by Gasteiger charge is 2.12. The van der Waals surface area contributed by atoms with E-state index in [1.54, 1.807) is 36.4 Å². The van der Waals surface area contributed by atoms with Gasteiger partial charge in [-0.15, -0.1) is 0 Å². The van der Waals surface area contributed by atoms with E-state index in [2.05, 4.69) is 10.6 Å². The number of carbonyl (C=O) groups excluding carboxylic acids is 2. The number of nitriles is 1. The molecule has 3 rings (SSSR count). The number of amides is 2. The van der Waals surface area contributed by atoms with E-state index in [4.69, 9.17) is 27.9 Å². The molecule has 0 heterocycles. The molecule has 3 aromatic rings. The topological polar surface area (TPSA) is 91.2 Å². The smallest absolute Gasteiger partial charge is 0.266 e. The molecule has 3 aromatic carbocycles. The molecule has 0 spiro atoms. The van der Waals surface area contributed by atoms with Crippen molar-refractivity contribution in [3.05, 3.63) is 99.5 Å². The van der Waals surface area contributed by atoms with Crippen LogP contribution >= 0.6 is 23.2 Å². The highest BCUT2D eigenvalue weighted by atomic mass is 35.5. The van der Waals surface area contributed by atoms with Gasteiger partial charge in [0.1, 0.15) is 17.4 Å². The number of ether oxygens (including phenoxy) is 1. The van der Waals surface area contributed by atoms with E-state index < -0.39 is 5.91 Å². The summed E-state index contributed by atoms with van der Waals surface area (Å²) in [5.41, 5.74) is 1.96. The predicted molar refractivity (Wildman–Crippen MR) is 134 cm³/mol. The van der Waals surface area contributed by atoms with Crippen LogP contribution in [0.1, 0.15) is 24.1 Å². The van der Waals surface area contributed by atoms with Gasteiger partial charge in [0.25, 0.3) is 11.8 Å². The van der Waals surface area contributed by atoms with Crippen LogP contribution in [0, 0.1) is 11.3 Å². The van der Waals surface area contributed by atoms with Gasteiger partial charge in [-0.1, -0.05) is 65.7 Å². The van der Waals surface area contributed by atoms with E-state index in [0.29, 0.717) is 27.0 Å². The van der Waals surface area contributed by atoms with E-state index in [9.17, 15) is 14.9 Å². The number of rotatable bonds is 8. The zero-order valence-electron chi connectivity index (χ0n) is 18.2. The molecule has 0 aliphatic rings. The van der Waals surface area contributed by atoms with Crippen molar-refractivity contribution in [2.75, 3.05) is 11.9 Å². The maximum Gasteiger partial charge on any atom is 0.266 e. The normalized spacial score (nSPS) is 11.8. The van der Waals surface area contributed by atoms with Crippen LogP contribution in [0.15, 0.2) is 78.4 Å². The summed E-state index contributed by atoms with van der Waals surface area (Å²) in [5.74, 6) is -0.338. The Kier molecular flexibility index (Phi) is 8.69. The van der Waals surface area contributed by atoms with Crippen molar-refractivity contribution in [2.45, 2.75) is 13.0 Å². The maximum atomic E-state index is 12.4. The minimum absolute atomic E-state index is 0.0889. The Morgan fingerprint density at radius 1 is 1.03 bits per heavy atom. The molecule has 0 bridgehead atoms. The van der Waals surface area contributed by atoms with Gasteiger partial charge in [-0.3, -0.25) is 9.59 Å². The van der Waals surface area contributed by atoms with Gasteiger partial charge in [0.15, 0.2) is 6.61 Å². The van der Waals surface area contributed by atoms with Gasteiger partial charge in [0, 0.05) is 5.69 Å². The summed E-state index contributed by atoms with van der Waals surface area (Å²) in [7, 11) is 0. The van der Waals surface area contributed by atoms with E-state index in [0.717, 1.165) is 5.56 Å². The molecule has 0 aliphatic carbocycles. The third kappa shape index (κ3) is 7.11. The summed E-state index contributed by atoms with van der Waals surface area (Å²) in [5, 5.41) is 15.5. The third-order valence-electron chi connectivity index (χ3n) is 4.78. The highest BCUT2D eigenvalue weighted by Crippen LogP contribution is 2.25. The minimum Gasteiger partial charge on any atom is -0.484 e. The molecule has 0 aliphatic heterocycles. The van der Waals surface area contributed by atoms with Crippen molar-refractivity contribution >= 4 is 46.8 Å². The van der Waals surface area contributed by atoms with Crippen molar-refractivity contribution in [1.29, 1.82) is 5.26 Å². The molecule has 2 amide bonds. The van der Waals surface area contributed by atoms with Crippen LogP contribution in [0.2, 0.25) is 10.0 Å². The van der Waals surface area contributed by atoms with Gasteiger partial charge in [0.2, 0.25) is 0 Å². The summed E-state index contributed by atoms with van der Waals surface area (Å²) in [6.07, 6.45) is 1.45. The standard InChI is InChI=1S/C26H21Cl2N3O3/c1-17(19-5-3-2-4-6-19)30-25(32)16-34-22-10-7-18(8-11-22)13-20(15-29)26(33)31-21-9-12-23(27)24(28)14-21/h2-14,17H,16H2,1H3,(H,30,32)(H,31,33)/b20-13+/t17-/m1/s1. The molecule has 0 saturated carbocycles. The van der Waals surface area contributed by atoms with E-state index in [1.165, 1.54) is 12.1 Å². The van der Waals surface area contributed by atoms with Crippen molar-refractivity contribution in [3.8, 4) is 11.8 Å². The summed E-state index contributed by atoms with van der Waals surface area (Å²) in [6, 6.07) is 22.7. The number of hydrogen-bond donors (Lipinski definition) is 2. The van der Waals surface area contributed by atoms with Crippen LogP contribution in [0.25, 0.3) is 6.08 Å². The van der Waals surface area contributed by atoms with E-state index >= 15 is 0 Å². The number of anilines is 1. The Morgan fingerprint density at radius 2 is 1.74 bits per heavy atom. The van der Waals surface area contributed by atoms with Crippen LogP contribution in [-0.2, 0) is 9.59 Å². The average molecular weight is 494 g/mol. The molecule has 0 saturated heterocycles. The molecule has 172 valence electrons. The Balaban J connectivity index is 1.56. The molecule has 6 nitrogen and oxygen atoms in total. The van der Waals surface area contributed by atoms with Crippen LogP contribution < -0.4 is 15.4 Å². The Morgan fingerprint density at radius 3 is 2.38 bits per heavy atom. The fraction of sp³-hybridized carbons (Fsp3) is 0.115. The average Bonchev–Trinajstić information content (AvgIpc) is 2.84. The molecule has 0 unspecified atom stereocenters. The second kappa shape index (κ2) is 11.9. The lowest BCUT2D eigenvalue weighted by molar-refractivity contribution is -0.123. The molecule has 34 heavy (non-hydrogen) atoms. The summed E-state index contributed by atoms with van der Waals surface area (Å²) >= 11 is 11.8. The molecule has 2 N–H and O–H groups in total. The fourth-order valence-electron chi connectivity index (χ4n) is 3.00. The van der Waals surface area contributed by atoms with Gasteiger partial charge in [0.05, 0.1) is 16.1 Å². The first-order chi connectivity index (χ1) is 16.4. The summed E-state index contributed by atoms with van der Waals surface area (Å²) in [6.45, 7) is 1.76. The highest BCUT2D eigenvalue weighted by molar-refractivity contribution is 6.42. The quantitative estimate of drug-likeness (QED) is 0.306. The monoisotopic (exact) mass is 493 g/mol. The second-order valence-corrected chi connectivity index (χ2v) is 8.12. The molecule has 0 radical (unpaired) electrons. The second-order valence-electron chi connectivity index (χ2n) is 7.31. The van der Waals surface area contributed by atoms with Crippen molar-refractivity contribution in [1.82, 2.24) is 5.32 Å². The summed E-state index contributed by atoms with van der Waals surface area (Å²) < 4.78 is 5.54. The molecule has 1 atom stereocenters. The summed E-state index contributed by atoms with van der Waals surface area (Å²) in [4.78, 5) is 24.6. The number of hydrogen-bond acceptors (Lipinski definition) is 4. The van der Waals surface area contributed by atoms with Gasteiger partial charge in [-0.05, 0) is 54.5 Å². The lowest BCUT2D eigenvalue weighted by Gasteiger charge is -2.14. The zero-order chi connectivity index (χ0) is 24.5. The molecule has 0 fully saturated rings. The lowest BCUT2D eigenvalue weighted by Crippen LogP contribution is -2.31. The van der Waals surface area contributed by atoms with Crippen LogP contribution in [-0.4, -0.2) is 18.4 Å². The van der Waals surface area contributed by atoms with Gasteiger partial charge in [-0.2, -0.15) is 5.26 Å². The van der Waals surface area contributed by atoms with Crippen LogP contribution in [0.5, 0.6) is 5.75 Å². The van der Waals surface area contributed by atoms with E-state index in [1.807, 2.05) is 43.3 Å². The first-order valence-electron chi connectivity index (χ1n) is 10.3. The number of halogens is 2. The number of nitrogens with one attached hydrogen (secondary N) is 2. The first-order valence-corrected chi connectivity index (χ1v) is 11.1. The number of carbonyl (C=O) groups is 2. The van der Waals surface area contributed by atoms with Crippen molar-refractivity contribution in [3.63, 3.8) is 0 Å². The minimum atomic E-state index is -0.578. The predicted octanol–water partition coefficient (Wildman–Crippen LogP) is 5.80. The number of nitrogens with zero attached hydrogens (tertiary/aromatic N) is 1. The lowest BCUT2D eigenvalue weighted by atomic mass is 10.1. The molecular weight excluding hydrogens is 473 g/mol. The first kappa shape index (κ1) is 24.8. The molecule has 0 aromatic heterocycles. The largest absolute Gasteiger partial charge is 0.484 e. The van der Waals surface area contributed by atoms with E-state index in [-0.39, 0.29) is 24.1 Å². The van der Waals surface area contributed by atoms with Gasteiger partial charge < -0.3 is 15.4 Å².